The summed E-state index contributed by atoms with van der Waals surface area (Å²) in [7, 11) is 0. The van der Waals surface area contributed by atoms with Crippen molar-refractivity contribution < 1.29 is 8.83 Å². The van der Waals surface area contributed by atoms with Crippen molar-refractivity contribution in [2.45, 2.75) is 0 Å². The van der Waals surface area contributed by atoms with Crippen LogP contribution in [0.25, 0.3) is 95.0 Å². The van der Waals surface area contributed by atoms with Crippen molar-refractivity contribution >= 4 is 54.8 Å². The van der Waals surface area contributed by atoms with Crippen LogP contribution in [-0.4, -0.2) is 24.5 Å². The molecule has 10 aromatic rings. The van der Waals surface area contributed by atoms with Crippen LogP contribution in [0.1, 0.15) is 0 Å². The van der Waals surface area contributed by atoms with Crippen LogP contribution >= 0.6 is 0 Å². The van der Waals surface area contributed by atoms with E-state index in [1.165, 1.54) is 0 Å². The molecule has 4 aromatic heterocycles. The van der Waals surface area contributed by atoms with Gasteiger partial charge in [-0.05, 0) is 48.5 Å². The molecule has 0 N–H and O–H groups in total. The van der Waals surface area contributed by atoms with Crippen molar-refractivity contribution in [3.63, 3.8) is 0 Å². The van der Waals surface area contributed by atoms with Gasteiger partial charge in [-0.25, -0.2) is 9.97 Å². The summed E-state index contributed by atoms with van der Waals surface area (Å²) in [5.41, 5.74) is 7.73. The van der Waals surface area contributed by atoms with Gasteiger partial charge in [0, 0.05) is 38.2 Å². The molecule has 0 aliphatic carbocycles. The van der Waals surface area contributed by atoms with E-state index in [1.54, 1.807) is 0 Å². The maximum Gasteiger partial charge on any atom is 0.238 e. The summed E-state index contributed by atoms with van der Waals surface area (Å²) in [4.78, 5) is 20.1. The van der Waals surface area contributed by atoms with Crippen molar-refractivity contribution in [2.24, 2.45) is 0 Å². The molecule has 220 valence electrons. The van der Waals surface area contributed by atoms with E-state index in [4.69, 9.17) is 28.8 Å². The van der Waals surface area contributed by atoms with Crippen LogP contribution in [0.15, 0.2) is 148 Å². The van der Waals surface area contributed by atoms with Gasteiger partial charge in [0.1, 0.15) is 16.7 Å². The molecule has 47 heavy (non-hydrogen) atoms. The minimum Gasteiger partial charge on any atom is -0.456 e. The fraction of sp³-hybridized carbons (Fsp3) is 0. The third kappa shape index (κ3) is 4.00. The molecule has 0 spiro atoms. The lowest BCUT2D eigenvalue weighted by atomic mass is 10.0. The molecule has 0 bridgehead atoms. The normalized spacial score (nSPS) is 11.8. The van der Waals surface area contributed by atoms with E-state index in [2.05, 4.69) is 47.0 Å². The number of hydrogen-bond acceptors (Lipinski definition) is 6. The monoisotopic (exact) mass is 605 g/mol. The van der Waals surface area contributed by atoms with Crippen molar-refractivity contribution in [1.82, 2.24) is 24.5 Å². The van der Waals surface area contributed by atoms with Gasteiger partial charge in [-0.2, -0.15) is 9.97 Å². The number of aromatic nitrogens is 5. The van der Waals surface area contributed by atoms with Crippen molar-refractivity contribution in [1.29, 1.82) is 0 Å². The molecule has 7 heteroatoms. The van der Waals surface area contributed by atoms with Crippen molar-refractivity contribution in [3.05, 3.63) is 140 Å². The standard InChI is InChI=1S/C40H23N5O2/c1-2-11-24(12-3-1)37-42-38(44-40(43-37)45-31-17-7-4-13-26(31)27-14-5-8-18-32(27)45)28-15-10-20-35-36(28)29-23-25(21-22-33(29)46-35)39-41-30-16-6-9-19-34(30)47-39/h1-23H. The van der Waals surface area contributed by atoms with Crippen LogP contribution in [0.3, 0.4) is 0 Å². The smallest absolute Gasteiger partial charge is 0.238 e. The lowest BCUT2D eigenvalue weighted by Crippen LogP contribution is -2.06. The van der Waals surface area contributed by atoms with E-state index in [9.17, 15) is 0 Å². The van der Waals surface area contributed by atoms with Gasteiger partial charge in [0.05, 0.1) is 11.0 Å². The minimum atomic E-state index is 0.545. The van der Waals surface area contributed by atoms with Crippen LogP contribution in [0.2, 0.25) is 0 Å². The lowest BCUT2D eigenvalue weighted by Gasteiger charge is -2.11. The van der Waals surface area contributed by atoms with Gasteiger partial charge >= 0.3 is 0 Å². The molecular weight excluding hydrogens is 582 g/mol. The number of benzene rings is 6. The van der Waals surface area contributed by atoms with Crippen LogP contribution in [-0.2, 0) is 0 Å². The van der Waals surface area contributed by atoms with Crippen molar-refractivity contribution in [3.8, 4) is 40.2 Å². The molecule has 0 unspecified atom stereocenters. The van der Waals surface area contributed by atoms with Crippen LogP contribution < -0.4 is 0 Å². The van der Waals surface area contributed by atoms with E-state index in [-0.39, 0.29) is 0 Å². The Kier molecular flexibility index (Phi) is 5.44. The predicted octanol–water partition coefficient (Wildman–Crippen LogP) is 10.0. The number of fused-ring (bicyclic) bond motifs is 7. The number of nitrogens with zero attached hydrogens (tertiary/aromatic N) is 5. The second-order valence-corrected chi connectivity index (χ2v) is 11.5. The van der Waals surface area contributed by atoms with Gasteiger partial charge in [0.2, 0.25) is 11.8 Å². The van der Waals surface area contributed by atoms with Crippen LogP contribution in [0, 0.1) is 0 Å². The van der Waals surface area contributed by atoms with E-state index < -0.39 is 0 Å². The first-order valence-corrected chi connectivity index (χ1v) is 15.4. The molecule has 0 radical (unpaired) electrons. The molecule has 0 saturated heterocycles. The van der Waals surface area contributed by atoms with Gasteiger partial charge in [-0.3, -0.25) is 4.57 Å². The zero-order valence-electron chi connectivity index (χ0n) is 24.8. The molecule has 0 atom stereocenters. The maximum absolute atomic E-state index is 6.37. The summed E-state index contributed by atoms with van der Waals surface area (Å²) in [5, 5.41) is 4.12. The molecule has 0 aliphatic rings. The van der Waals surface area contributed by atoms with Crippen molar-refractivity contribution in [2.75, 3.05) is 0 Å². The predicted molar refractivity (Wildman–Crippen MR) is 185 cm³/mol. The summed E-state index contributed by atoms with van der Waals surface area (Å²) in [6.45, 7) is 0. The Morgan fingerprint density at radius 2 is 1.15 bits per heavy atom. The average molecular weight is 606 g/mol. The second-order valence-electron chi connectivity index (χ2n) is 11.5. The highest BCUT2D eigenvalue weighted by atomic mass is 16.3. The number of furan rings is 1. The first-order valence-electron chi connectivity index (χ1n) is 15.4. The highest BCUT2D eigenvalue weighted by Gasteiger charge is 2.21. The fourth-order valence-electron chi connectivity index (χ4n) is 6.58. The summed E-state index contributed by atoms with van der Waals surface area (Å²) < 4.78 is 14.6. The number of hydrogen-bond donors (Lipinski definition) is 0. The SMILES string of the molecule is c1ccc(-c2nc(-c3cccc4oc5ccc(-c6nc7ccccc7o6)cc5c34)nc(-n3c4ccccc4c4ccccc43)n2)cc1. The quantitative estimate of drug-likeness (QED) is 0.199. The lowest BCUT2D eigenvalue weighted by molar-refractivity contribution is 0.620. The Morgan fingerprint density at radius 3 is 1.96 bits per heavy atom. The van der Waals surface area contributed by atoms with Gasteiger partial charge in [-0.1, -0.05) is 91.0 Å². The second kappa shape index (κ2) is 9.95. The molecule has 4 heterocycles. The average Bonchev–Trinajstić information content (AvgIpc) is 3.83. The fourth-order valence-corrected chi connectivity index (χ4v) is 6.58. The van der Waals surface area contributed by atoms with Gasteiger partial charge in [-0.15, -0.1) is 0 Å². The zero-order chi connectivity index (χ0) is 30.9. The largest absolute Gasteiger partial charge is 0.456 e. The summed E-state index contributed by atoms with van der Waals surface area (Å²) in [6.07, 6.45) is 0. The highest BCUT2D eigenvalue weighted by Crippen LogP contribution is 2.39. The minimum absolute atomic E-state index is 0.545. The Labute approximate surface area is 267 Å². The third-order valence-corrected chi connectivity index (χ3v) is 8.71. The van der Waals surface area contributed by atoms with Gasteiger partial charge in [0.15, 0.2) is 17.2 Å². The molecule has 10 rings (SSSR count). The Morgan fingerprint density at radius 1 is 0.447 bits per heavy atom. The molecule has 0 saturated carbocycles. The maximum atomic E-state index is 6.37. The zero-order valence-corrected chi connectivity index (χ0v) is 24.8. The number of rotatable bonds is 4. The van der Waals surface area contributed by atoms with Gasteiger partial charge in [0.25, 0.3) is 0 Å². The first kappa shape index (κ1) is 25.7. The Hall–Kier alpha value is -6.60. The molecule has 0 fully saturated rings. The molecule has 0 aliphatic heterocycles. The highest BCUT2D eigenvalue weighted by molar-refractivity contribution is 6.13. The van der Waals surface area contributed by atoms with Crippen LogP contribution in [0.4, 0.5) is 0 Å². The molecular formula is C40H23N5O2. The molecule has 0 amide bonds. The summed E-state index contributed by atoms with van der Waals surface area (Å²) in [5.74, 6) is 2.24. The van der Waals surface area contributed by atoms with E-state index in [0.717, 1.165) is 71.5 Å². The topological polar surface area (TPSA) is 82.8 Å². The number of oxazole rings is 1. The van der Waals surface area contributed by atoms with Gasteiger partial charge < -0.3 is 8.83 Å². The number of para-hydroxylation sites is 4. The van der Waals surface area contributed by atoms with E-state index >= 15 is 0 Å². The summed E-state index contributed by atoms with van der Waals surface area (Å²) >= 11 is 0. The first-order chi connectivity index (χ1) is 23.3. The third-order valence-electron chi connectivity index (χ3n) is 8.71. The molecule has 7 nitrogen and oxygen atoms in total. The van der Waals surface area contributed by atoms with E-state index in [0.29, 0.717) is 23.5 Å². The van der Waals surface area contributed by atoms with E-state index in [1.807, 2.05) is 97.1 Å². The molecule has 6 aromatic carbocycles. The summed E-state index contributed by atoms with van der Waals surface area (Å²) in [6, 6.07) is 46.6. The Balaban J connectivity index is 1.24. The van der Waals surface area contributed by atoms with Crippen LogP contribution in [0.5, 0.6) is 0 Å². The Bertz CT molecular complexity index is 2720.